The van der Waals surface area contributed by atoms with Gasteiger partial charge in [-0.2, -0.15) is 0 Å². The number of guanidine groups is 1. The molecule has 0 fully saturated rings. The predicted molar refractivity (Wildman–Crippen MR) is 110 cm³/mol. The van der Waals surface area contributed by atoms with E-state index in [-0.39, 0.29) is 18.4 Å². The quantitative estimate of drug-likeness (QED) is 0.146. The van der Waals surface area contributed by atoms with E-state index in [0.29, 0.717) is 32.4 Å². The lowest BCUT2D eigenvalue weighted by atomic mass is 10.1. The zero-order chi connectivity index (χ0) is 18.9. The van der Waals surface area contributed by atoms with Gasteiger partial charge in [-0.3, -0.25) is 9.79 Å². The van der Waals surface area contributed by atoms with E-state index >= 15 is 0 Å². The number of aliphatic hydroxyl groups is 1. The van der Waals surface area contributed by atoms with Gasteiger partial charge in [-0.15, -0.1) is 12.4 Å². The topological polar surface area (TPSA) is 134 Å². The molecule has 0 radical (unpaired) electrons. The van der Waals surface area contributed by atoms with E-state index in [1.807, 2.05) is 0 Å². The van der Waals surface area contributed by atoms with Gasteiger partial charge in [0.1, 0.15) is 6.04 Å². The first kappa shape index (κ1) is 27.2. The highest BCUT2D eigenvalue weighted by Crippen LogP contribution is 2.10. The standard InChI is InChI=1S/C18H38N4O3.ClH/c1-2-3-4-5-6-7-8-9-11-15(23)14-22-16(17(24)25)12-10-13-21-18(19)20;/h15-16,22-23H,2-14H2,1H3,(H,24,25)(H4,19,20,21);1H. The van der Waals surface area contributed by atoms with E-state index in [1.54, 1.807) is 0 Å². The second-order valence-corrected chi connectivity index (χ2v) is 6.67. The summed E-state index contributed by atoms with van der Waals surface area (Å²) in [5.74, 6) is -0.899. The molecule has 0 aromatic carbocycles. The highest BCUT2D eigenvalue weighted by atomic mass is 35.5. The molecule has 26 heavy (non-hydrogen) atoms. The van der Waals surface area contributed by atoms with Crippen LogP contribution in [0.25, 0.3) is 0 Å². The molecule has 0 rings (SSSR count). The Morgan fingerprint density at radius 2 is 1.58 bits per heavy atom. The third-order valence-electron chi connectivity index (χ3n) is 4.23. The second kappa shape index (κ2) is 18.7. The van der Waals surface area contributed by atoms with E-state index in [4.69, 9.17) is 11.5 Å². The molecule has 0 amide bonds. The lowest BCUT2D eigenvalue weighted by molar-refractivity contribution is -0.139. The fourth-order valence-corrected chi connectivity index (χ4v) is 2.71. The van der Waals surface area contributed by atoms with Crippen molar-refractivity contribution in [3.63, 3.8) is 0 Å². The van der Waals surface area contributed by atoms with Crippen LogP contribution in [0.1, 0.15) is 77.6 Å². The van der Waals surface area contributed by atoms with Gasteiger partial charge in [0.15, 0.2) is 5.96 Å². The van der Waals surface area contributed by atoms with Crippen LogP contribution in [0.3, 0.4) is 0 Å². The Kier molecular flexibility index (Phi) is 19.6. The maximum atomic E-state index is 11.2. The van der Waals surface area contributed by atoms with Gasteiger partial charge in [0.25, 0.3) is 0 Å². The third-order valence-corrected chi connectivity index (χ3v) is 4.23. The first-order valence-electron chi connectivity index (χ1n) is 9.67. The maximum absolute atomic E-state index is 11.2. The molecule has 0 aromatic heterocycles. The molecule has 8 heteroatoms. The summed E-state index contributed by atoms with van der Waals surface area (Å²) in [5.41, 5.74) is 10.5. The molecule has 0 aromatic rings. The van der Waals surface area contributed by atoms with E-state index in [2.05, 4.69) is 17.2 Å². The summed E-state index contributed by atoms with van der Waals surface area (Å²) in [5, 5.41) is 22.1. The summed E-state index contributed by atoms with van der Waals surface area (Å²) in [6.45, 7) is 2.93. The normalized spacial score (nSPS) is 12.8. The minimum atomic E-state index is -0.913. The summed E-state index contributed by atoms with van der Waals surface area (Å²) < 4.78 is 0. The van der Waals surface area contributed by atoms with E-state index < -0.39 is 18.1 Å². The van der Waals surface area contributed by atoms with Gasteiger partial charge >= 0.3 is 5.97 Å². The molecule has 0 bridgehead atoms. The van der Waals surface area contributed by atoms with E-state index in [9.17, 15) is 15.0 Å². The molecule has 0 aliphatic rings. The number of hydrogen-bond acceptors (Lipinski definition) is 4. The fourth-order valence-electron chi connectivity index (χ4n) is 2.71. The molecule has 0 spiro atoms. The molecular formula is C18H39ClN4O3. The van der Waals surface area contributed by atoms with Crippen LogP contribution >= 0.6 is 12.4 Å². The molecule has 156 valence electrons. The Hall–Kier alpha value is -1.05. The number of unbranched alkanes of at least 4 members (excludes halogenated alkanes) is 7. The van der Waals surface area contributed by atoms with E-state index in [1.165, 1.54) is 38.5 Å². The molecule has 7 N–H and O–H groups in total. The first-order chi connectivity index (χ1) is 12.0. The highest BCUT2D eigenvalue weighted by molar-refractivity contribution is 5.85. The van der Waals surface area contributed by atoms with Crippen molar-refractivity contribution in [2.24, 2.45) is 16.5 Å². The van der Waals surface area contributed by atoms with Crippen LogP contribution < -0.4 is 16.8 Å². The van der Waals surface area contributed by atoms with Gasteiger partial charge in [-0.1, -0.05) is 58.3 Å². The van der Waals surface area contributed by atoms with E-state index in [0.717, 1.165) is 12.8 Å². The molecule has 0 heterocycles. The Morgan fingerprint density at radius 3 is 2.12 bits per heavy atom. The number of aliphatic hydroxyl groups excluding tert-OH is 1. The first-order valence-corrected chi connectivity index (χ1v) is 9.67. The molecule has 0 aliphatic carbocycles. The van der Waals surface area contributed by atoms with Gasteiger partial charge in [0.2, 0.25) is 0 Å². The summed E-state index contributed by atoms with van der Waals surface area (Å²) in [7, 11) is 0. The summed E-state index contributed by atoms with van der Waals surface area (Å²) in [4.78, 5) is 15.1. The second-order valence-electron chi connectivity index (χ2n) is 6.67. The fraction of sp³-hybridized carbons (Fsp3) is 0.889. The Balaban J connectivity index is 0. The lowest BCUT2D eigenvalue weighted by Crippen LogP contribution is -2.41. The number of hydrogen-bond donors (Lipinski definition) is 5. The van der Waals surface area contributed by atoms with Crippen LogP contribution in [0.4, 0.5) is 0 Å². The number of nitrogens with two attached hydrogens (primary N) is 2. The van der Waals surface area contributed by atoms with Crippen LogP contribution in [0.5, 0.6) is 0 Å². The number of carboxylic acid groups (broad SMARTS) is 1. The van der Waals surface area contributed by atoms with Crippen LogP contribution in [-0.2, 0) is 4.79 Å². The van der Waals surface area contributed by atoms with Crippen molar-refractivity contribution >= 4 is 24.3 Å². The third kappa shape index (κ3) is 17.8. The molecule has 2 unspecified atom stereocenters. The van der Waals surface area contributed by atoms with Crippen molar-refractivity contribution in [2.75, 3.05) is 13.1 Å². The van der Waals surface area contributed by atoms with Crippen molar-refractivity contribution in [3.8, 4) is 0 Å². The highest BCUT2D eigenvalue weighted by Gasteiger charge is 2.17. The maximum Gasteiger partial charge on any atom is 0.320 e. The van der Waals surface area contributed by atoms with Crippen LogP contribution in [0, 0.1) is 0 Å². The number of nitrogens with one attached hydrogen (secondary N) is 1. The largest absolute Gasteiger partial charge is 0.480 e. The molecule has 0 saturated carbocycles. The van der Waals surface area contributed by atoms with Gasteiger partial charge in [0.05, 0.1) is 6.10 Å². The molecule has 2 atom stereocenters. The number of nitrogens with zero attached hydrogens (tertiary/aromatic N) is 1. The number of halogens is 1. The van der Waals surface area contributed by atoms with Crippen molar-refractivity contribution in [3.05, 3.63) is 0 Å². The van der Waals surface area contributed by atoms with Crippen molar-refractivity contribution in [2.45, 2.75) is 89.7 Å². The molecule has 0 saturated heterocycles. The summed E-state index contributed by atoms with van der Waals surface area (Å²) >= 11 is 0. The molecule has 0 aliphatic heterocycles. The average Bonchev–Trinajstić information content (AvgIpc) is 2.55. The average molecular weight is 395 g/mol. The van der Waals surface area contributed by atoms with Gasteiger partial charge in [-0.05, 0) is 19.3 Å². The summed E-state index contributed by atoms with van der Waals surface area (Å²) in [6, 6.07) is -0.678. The minimum Gasteiger partial charge on any atom is -0.480 e. The number of carboxylic acids is 1. The van der Waals surface area contributed by atoms with Crippen LogP contribution in [-0.4, -0.2) is 47.4 Å². The van der Waals surface area contributed by atoms with Crippen LogP contribution in [0.2, 0.25) is 0 Å². The number of rotatable bonds is 17. The smallest absolute Gasteiger partial charge is 0.320 e. The number of aliphatic imine (C=N–C) groups is 1. The minimum absolute atomic E-state index is 0. The number of aliphatic carboxylic acids is 1. The molecule has 7 nitrogen and oxygen atoms in total. The predicted octanol–water partition coefficient (Wildman–Crippen LogP) is 2.40. The van der Waals surface area contributed by atoms with Gasteiger partial charge in [0, 0.05) is 13.1 Å². The number of carbonyl (C=O) groups is 1. The van der Waals surface area contributed by atoms with Gasteiger partial charge < -0.3 is 27.0 Å². The Labute approximate surface area is 164 Å². The van der Waals surface area contributed by atoms with Crippen molar-refractivity contribution in [1.29, 1.82) is 0 Å². The summed E-state index contributed by atoms with van der Waals surface area (Å²) in [6.07, 6.45) is 11.0. The van der Waals surface area contributed by atoms with Crippen molar-refractivity contribution in [1.82, 2.24) is 5.32 Å². The zero-order valence-electron chi connectivity index (χ0n) is 16.2. The van der Waals surface area contributed by atoms with Crippen molar-refractivity contribution < 1.29 is 15.0 Å². The Bertz CT molecular complexity index is 366. The van der Waals surface area contributed by atoms with Gasteiger partial charge in [-0.25, -0.2) is 0 Å². The Morgan fingerprint density at radius 1 is 1.00 bits per heavy atom. The SMILES string of the molecule is CCCCCCCCCCC(O)CNC(CCCN=C(N)N)C(=O)O.Cl. The van der Waals surface area contributed by atoms with Crippen LogP contribution in [0.15, 0.2) is 4.99 Å². The lowest BCUT2D eigenvalue weighted by Gasteiger charge is -2.17. The zero-order valence-corrected chi connectivity index (χ0v) is 17.0. The molecular weight excluding hydrogens is 356 g/mol. The monoisotopic (exact) mass is 394 g/mol.